The van der Waals surface area contributed by atoms with Gasteiger partial charge < -0.3 is 4.42 Å². The number of quaternary nitrogens is 1. The SMILES string of the molecule is C=C(C)C=NC(=C)c1cc(CC)ccc1C(=C)[NH+]1C=CC=CC1c1cccc2c1oc1ccccc12. The second-order valence-electron chi connectivity index (χ2n) is 9.26. The van der Waals surface area contributed by atoms with E-state index in [1.165, 1.54) is 5.56 Å². The molecule has 1 aromatic heterocycles. The van der Waals surface area contributed by atoms with Gasteiger partial charge in [-0.15, -0.1) is 0 Å². The molecule has 4 aromatic rings. The summed E-state index contributed by atoms with van der Waals surface area (Å²) in [6.45, 7) is 16.9. The molecule has 3 heteroatoms. The average Bonchev–Trinajstić information content (AvgIpc) is 3.30. The molecule has 2 heterocycles. The van der Waals surface area contributed by atoms with Crippen molar-refractivity contribution in [2.24, 2.45) is 4.99 Å². The Kier molecular flexibility index (Phi) is 6.41. The highest BCUT2D eigenvalue weighted by atomic mass is 16.3. The van der Waals surface area contributed by atoms with Crippen molar-refractivity contribution in [3.63, 3.8) is 0 Å². The molecule has 0 bridgehead atoms. The number of para-hydroxylation sites is 2. The summed E-state index contributed by atoms with van der Waals surface area (Å²) < 4.78 is 6.37. The van der Waals surface area contributed by atoms with E-state index in [4.69, 9.17) is 4.42 Å². The second kappa shape index (κ2) is 9.80. The van der Waals surface area contributed by atoms with Gasteiger partial charge in [-0.25, -0.2) is 0 Å². The van der Waals surface area contributed by atoms with Crippen LogP contribution in [0.25, 0.3) is 33.3 Å². The lowest BCUT2D eigenvalue weighted by Gasteiger charge is -2.27. The predicted octanol–water partition coefficient (Wildman–Crippen LogP) is 7.45. The summed E-state index contributed by atoms with van der Waals surface area (Å²) in [6.07, 6.45) is 11.2. The monoisotopic (exact) mass is 471 g/mol. The Balaban J connectivity index is 1.59. The number of furan rings is 1. The number of benzene rings is 3. The van der Waals surface area contributed by atoms with E-state index >= 15 is 0 Å². The van der Waals surface area contributed by atoms with Gasteiger partial charge in [-0.3, -0.25) is 9.89 Å². The molecule has 0 fully saturated rings. The van der Waals surface area contributed by atoms with Gasteiger partial charge in [0, 0.05) is 28.1 Å². The van der Waals surface area contributed by atoms with E-state index in [2.05, 4.69) is 105 Å². The van der Waals surface area contributed by atoms with Crippen LogP contribution in [0.4, 0.5) is 0 Å². The standard InChI is InChI=1S/C33H30N2O/c1-6-25-17-18-26(30(20-25)23(4)34-21-22(2)3)24(5)35-19-10-9-15-31(35)29-14-11-13-28-27-12-7-8-16-32(27)36-33(28)29/h7-21,31H,2,4-6H2,1,3H3/p+1. The summed E-state index contributed by atoms with van der Waals surface area (Å²) in [6, 6.07) is 21.1. The van der Waals surface area contributed by atoms with Gasteiger partial charge in [-0.1, -0.05) is 62.6 Å². The van der Waals surface area contributed by atoms with Crippen LogP contribution in [0.5, 0.6) is 0 Å². The third-order valence-corrected chi connectivity index (χ3v) is 6.71. The van der Waals surface area contributed by atoms with Gasteiger partial charge in [-0.2, -0.15) is 0 Å². The summed E-state index contributed by atoms with van der Waals surface area (Å²) >= 11 is 0. The summed E-state index contributed by atoms with van der Waals surface area (Å²) in [5.74, 6) is 0. The van der Waals surface area contributed by atoms with Crippen LogP contribution in [-0.4, -0.2) is 6.21 Å². The Bertz CT molecular complexity index is 1590. The number of nitrogens with one attached hydrogen (secondary N) is 1. The zero-order chi connectivity index (χ0) is 25.2. The van der Waals surface area contributed by atoms with Gasteiger partial charge in [0.1, 0.15) is 22.9 Å². The number of allylic oxidation sites excluding steroid dienone is 3. The van der Waals surface area contributed by atoms with Crippen LogP contribution in [0.3, 0.4) is 0 Å². The molecule has 2 unspecified atom stereocenters. The average molecular weight is 472 g/mol. The first kappa shape index (κ1) is 23.5. The molecule has 0 aliphatic carbocycles. The Morgan fingerprint density at radius 3 is 2.58 bits per heavy atom. The van der Waals surface area contributed by atoms with Crippen molar-refractivity contribution >= 4 is 39.5 Å². The Labute approximate surface area is 212 Å². The van der Waals surface area contributed by atoms with E-state index in [0.717, 1.165) is 61.2 Å². The fraction of sp³-hybridized carbons (Fsp3) is 0.121. The molecule has 0 saturated carbocycles. The lowest BCUT2D eigenvalue weighted by atomic mass is 9.95. The van der Waals surface area contributed by atoms with E-state index < -0.39 is 0 Å². The van der Waals surface area contributed by atoms with Crippen molar-refractivity contribution in [1.29, 1.82) is 0 Å². The molecule has 1 aliphatic heterocycles. The molecule has 0 radical (unpaired) electrons. The molecule has 1 aliphatic rings. The van der Waals surface area contributed by atoms with Gasteiger partial charge >= 0.3 is 0 Å². The third-order valence-electron chi connectivity index (χ3n) is 6.71. The molecule has 178 valence electrons. The Morgan fingerprint density at radius 2 is 1.78 bits per heavy atom. The maximum absolute atomic E-state index is 6.37. The summed E-state index contributed by atoms with van der Waals surface area (Å²) in [4.78, 5) is 5.72. The van der Waals surface area contributed by atoms with Crippen molar-refractivity contribution in [1.82, 2.24) is 0 Å². The highest BCUT2D eigenvalue weighted by Gasteiger charge is 2.30. The molecular weight excluding hydrogens is 440 g/mol. The van der Waals surface area contributed by atoms with Crippen molar-refractivity contribution < 1.29 is 9.32 Å². The maximum Gasteiger partial charge on any atom is 0.145 e. The smallest absolute Gasteiger partial charge is 0.145 e. The van der Waals surface area contributed by atoms with Crippen LogP contribution in [0.2, 0.25) is 0 Å². The highest BCUT2D eigenvalue weighted by molar-refractivity contribution is 6.06. The lowest BCUT2D eigenvalue weighted by molar-refractivity contribution is -0.797. The topological polar surface area (TPSA) is 29.9 Å². The first-order valence-corrected chi connectivity index (χ1v) is 12.3. The molecule has 36 heavy (non-hydrogen) atoms. The number of aliphatic imine (C=N–C) groups is 1. The fourth-order valence-electron chi connectivity index (χ4n) is 4.84. The van der Waals surface area contributed by atoms with Crippen LogP contribution in [0, 0.1) is 0 Å². The summed E-state index contributed by atoms with van der Waals surface area (Å²) in [5.41, 5.74) is 8.77. The fourth-order valence-corrected chi connectivity index (χ4v) is 4.84. The van der Waals surface area contributed by atoms with E-state index in [9.17, 15) is 0 Å². The minimum absolute atomic E-state index is 0.0117. The molecule has 0 saturated heterocycles. The highest BCUT2D eigenvalue weighted by Crippen LogP contribution is 2.34. The molecule has 1 N–H and O–H groups in total. The van der Waals surface area contributed by atoms with Crippen LogP contribution >= 0.6 is 0 Å². The van der Waals surface area contributed by atoms with E-state index in [1.54, 1.807) is 6.21 Å². The summed E-state index contributed by atoms with van der Waals surface area (Å²) in [5, 5.41) is 2.26. The van der Waals surface area contributed by atoms with Crippen LogP contribution < -0.4 is 4.90 Å². The summed E-state index contributed by atoms with van der Waals surface area (Å²) in [7, 11) is 0. The minimum atomic E-state index is 0.0117. The molecule has 3 nitrogen and oxygen atoms in total. The Hall–Kier alpha value is -4.21. The molecule has 2 atom stereocenters. The third kappa shape index (κ3) is 4.30. The van der Waals surface area contributed by atoms with E-state index in [-0.39, 0.29) is 6.04 Å². The molecular formula is C33H31N2O+. The normalized spacial score (nSPS) is 17.3. The largest absolute Gasteiger partial charge is 0.456 e. The zero-order valence-electron chi connectivity index (χ0n) is 20.9. The molecule has 3 aromatic carbocycles. The number of nitrogens with zero attached hydrogens (tertiary/aromatic N) is 1. The van der Waals surface area contributed by atoms with Gasteiger partial charge in [0.15, 0.2) is 0 Å². The van der Waals surface area contributed by atoms with Crippen molar-refractivity contribution in [2.75, 3.05) is 0 Å². The van der Waals surface area contributed by atoms with E-state index in [1.807, 2.05) is 19.1 Å². The maximum atomic E-state index is 6.37. The molecule has 0 spiro atoms. The number of aryl methyl sites for hydroxylation is 1. The lowest BCUT2D eigenvalue weighted by Crippen LogP contribution is -3.05. The first-order valence-electron chi connectivity index (χ1n) is 12.3. The molecule has 5 rings (SSSR count). The van der Waals surface area contributed by atoms with Crippen molar-refractivity contribution in [3.05, 3.63) is 133 Å². The van der Waals surface area contributed by atoms with Gasteiger partial charge in [0.2, 0.25) is 0 Å². The van der Waals surface area contributed by atoms with Gasteiger partial charge in [0.25, 0.3) is 0 Å². The quantitative estimate of drug-likeness (QED) is 0.279. The predicted molar refractivity (Wildman–Crippen MR) is 153 cm³/mol. The van der Waals surface area contributed by atoms with Crippen molar-refractivity contribution in [3.8, 4) is 0 Å². The zero-order valence-corrected chi connectivity index (χ0v) is 20.9. The first-order chi connectivity index (χ1) is 17.5. The minimum Gasteiger partial charge on any atom is -0.456 e. The second-order valence-corrected chi connectivity index (χ2v) is 9.26. The molecule has 0 amide bonds. The van der Waals surface area contributed by atoms with Crippen LogP contribution in [0.1, 0.15) is 42.1 Å². The number of hydrogen-bond acceptors (Lipinski definition) is 2. The van der Waals surface area contributed by atoms with E-state index in [0.29, 0.717) is 5.70 Å². The number of fused-ring (bicyclic) bond motifs is 3. The number of rotatable bonds is 7. The van der Waals surface area contributed by atoms with Gasteiger partial charge in [0.05, 0.1) is 17.5 Å². The van der Waals surface area contributed by atoms with Gasteiger partial charge in [-0.05, 0) is 67.5 Å². The van der Waals surface area contributed by atoms with Crippen molar-refractivity contribution in [2.45, 2.75) is 26.3 Å². The number of hydrogen-bond donors (Lipinski definition) is 1. The van der Waals surface area contributed by atoms with Crippen LogP contribution in [0.15, 0.2) is 120 Å². The Morgan fingerprint density at radius 1 is 0.972 bits per heavy atom. The van der Waals surface area contributed by atoms with Crippen LogP contribution in [-0.2, 0) is 6.42 Å².